The second-order valence-electron chi connectivity index (χ2n) is 3.65. The van der Waals surface area contributed by atoms with Gasteiger partial charge in [-0.2, -0.15) is 0 Å². The van der Waals surface area contributed by atoms with E-state index in [2.05, 4.69) is 26.2 Å². The zero-order chi connectivity index (χ0) is 10.8. The van der Waals surface area contributed by atoms with E-state index in [4.69, 9.17) is 16.7 Å². The van der Waals surface area contributed by atoms with Gasteiger partial charge in [-0.3, -0.25) is 0 Å². The van der Waals surface area contributed by atoms with Gasteiger partial charge in [0.1, 0.15) is 5.82 Å². The van der Waals surface area contributed by atoms with Crippen molar-refractivity contribution in [1.29, 1.82) is 0 Å². The number of nitrogens with zero attached hydrogens (tertiary/aromatic N) is 1. The van der Waals surface area contributed by atoms with E-state index in [1.165, 1.54) is 0 Å². The van der Waals surface area contributed by atoms with Crippen LogP contribution in [0.2, 0.25) is 5.02 Å². The van der Waals surface area contributed by atoms with E-state index in [-0.39, 0.29) is 45.2 Å². The van der Waals surface area contributed by atoms with Crippen LogP contribution in [0.15, 0.2) is 16.7 Å². The number of rotatable bonds is 3. The quantitative estimate of drug-likeness (QED) is 0.763. The van der Waals surface area contributed by atoms with Crippen molar-refractivity contribution in [3.63, 3.8) is 0 Å². The molecule has 0 aliphatic rings. The fraction of sp³-hybridized carbons (Fsp3) is 0.444. The van der Waals surface area contributed by atoms with Crippen molar-refractivity contribution in [3.05, 3.63) is 21.8 Å². The summed E-state index contributed by atoms with van der Waals surface area (Å²) in [6, 6.07) is 1.75. The Kier molecular flexibility index (Phi) is 7.07. The zero-order valence-corrected chi connectivity index (χ0v) is 12.8. The van der Waals surface area contributed by atoms with Crippen LogP contribution in [0.25, 0.3) is 0 Å². The molecular weight excluding hydrogens is 426 g/mol. The maximum atomic E-state index is 9.07. The smallest absolute Gasteiger partial charge is 0.140 e. The molecule has 0 saturated heterocycles. The number of nitrogens with one attached hydrogen (secondary N) is 1. The van der Waals surface area contributed by atoms with E-state index in [9.17, 15) is 0 Å². The average molecular weight is 438 g/mol. The SMILES string of the molecule is CC(C)(CO)Nc1ncc(Cl)cc1Br.[Tb]. The number of hydrogen-bond donors (Lipinski definition) is 2. The summed E-state index contributed by atoms with van der Waals surface area (Å²) in [7, 11) is 0. The Bertz CT molecular complexity index is 336. The van der Waals surface area contributed by atoms with Crippen molar-refractivity contribution in [3.8, 4) is 0 Å². The van der Waals surface area contributed by atoms with Gasteiger partial charge in [0.05, 0.1) is 21.6 Å². The summed E-state index contributed by atoms with van der Waals surface area (Å²) < 4.78 is 0.784. The Balaban J connectivity index is 0.00000196. The van der Waals surface area contributed by atoms with E-state index in [0.717, 1.165) is 4.47 Å². The summed E-state index contributed by atoms with van der Waals surface area (Å²) in [4.78, 5) is 4.11. The summed E-state index contributed by atoms with van der Waals surface area (Å²) in [5.41, 5.74) is -0.399. The van der Waals surface area contributed by atoms with Gasteiger partial charge in [0.15, 0.2) is 0 Å². The Morgan fingerprint density at radius 1 is 1.60 bits per heavy atom. The largest absolute Gasteiger partial charge is 0.394 e. The Labute approximate surface area is 134 Å². The second-order valence-corrected chi connectivity index (χ2v) is 4.94. The van der Waals surface area contributed by atoms with Gasteiger partial charge in [-0.05, 0) is 35.8 Å². The predicted molar refractivity (Wildman–Crippen MR) is 61.7 cm³/mol. The molecule has 1 rings (SSSR count). The van der Waals surface area contributed by atoms with Gasteiger partial charge in [0.25, 0.3) is 0 Å². The fourth-order valence-electron chi connectivity index (χ4n) is 0.867. The summed E-state index contributed by atoms with van der Waals surface area (Å²) in [6.07, 6.45) is 1.56. The molecule has 0 aliphatic heterocycles. The molecule has 2 N–H and O–H groups in total. The van der Waals surface area contributed by atoms with Gasteiger partial charge >= 0.3 is 0 Å². The number of aromatic nitrogens is 1. The number of anilines is 1. The van der Waals surface area contributed by atoms with Crippen LogP contribution in [0.1, 0.15) is 13.8 Å². The van der Waals surface area contributed by atoms with E-state index >= 15 is 0 Å². The molecule has 15 heavy (non-hydrogen) atoms. The van der Waals surface area contributed by atoms with Crippen molar-refractivity contribution in [2.75, 3.05) is 11.9 Å². The first-order chi connectivity index (χ1) is 6.44. The molecule has 1 heterocycles. The number of halogens is 2. The van der Waals surface area contributed by atoms with E-state index in [1.807, 2.05) is 13.8 Å². The summed E-state index contributed by atoms with van der Waals surface area (Å²) in [5, 5.41) is 12.7. The van der Waals surface area contributed by atoms with Crippen molar-refractivity contribution < 1.29 is 43.7 Å². The molecule has 87 valence electrons. The monoisotopic (exact) mass is 437 g/mol. The molecule has 0 spiro atoms. The normalized spacial score (nSPS) is 10.7. The minimum atomic E-state index is -0.399. The molecule has 0 amide bonds. The minimum absolute atomic E-state index is 0. The fourth-order valence-corrected chi connectivity index (χ4v) is 1.60. The molecule has 1 aromatic heterocycles. The van der Waals surface area contributed by atoms with Crippen LogP contribution in [0.3, 0.4) is 0 Å². The van der Waals surface area contributed by atoms with Crippen LogP contribution in [0, 0.1) is 38.6 Å². The van der Waals surface area contributed by atoms with E-state index in [1.54, 1.807) is 12.3 Å². The second kappa shape index (κ2) is 6.64. The molecule has 0 fully saturated rings. The number of hydrogen-bond acceptors (Lipinski definition) is 3. The molecule has 0 bridgehead atoms. The van der Waals surface area contributed by atoms with Gasteiger partial charge in [0, 0.05) is 44.8 Å². The molecule has 0 aromatic carbocycles. The van der Waals surface area contributed by atoms with Gasteiger partial charge in [0.2, 0.25) is 0 Å². The molecule has 1 aromatic rings. The maximum Gasteiger partial charge on any atom is 0.140 e. The molecule has 0 atom stereocenters. The first-order valence-electron chi connectivity index (χ1n) is 4.15. The van der Waals surface area contributed by atoms with E-state index < -0.39 is 5.54 Å². The third kappa shape index (κ3) is 5.21. The average Bonchev–Trinajstić information content (AvgIpc) is 2.10. The first-order valence-corrected chi connectivity index (χ1v) is 5.32. The maximum absolute atomic E-state index is 9.07. The molecule has 6 heteroatoms. The van der Waals surface area contributed by atoms with Gasteiger partial charge in [-0.25, -0.2) is 4.98 Å². The van der Waals surface area contributed by atoms with Crippen LogP contribution in [0.5, 0.6) is 0 Å². The number of pyridine rings is 1. The minimum Gasteiger partial charge on any atom is -0.394 e. The third-order valence-corrected chi connectivity index (χ3v) is 2.47. The van der Waals surface area contributed by atoms with Crippen LogP contribution < -0.4 is 5.32 Å². The number of aliphatic hydroxyl groups is 1. The van der Waals surface area contributed by atoms with Crippen molar-refractivity contribution in [2.24, 2.45) is 0 Å². The molecule has 1 radical (unpaired) electrons. The Hall–Kier alpha value is 0.966. The Morgan fingerprint density at radius 3 is 2.67 bits per heavy atom. The molecular formula is C9H12BrClN2OTb. The van der Waals surface area contributed by atoms with Crippen LogP contribution >= 0.6 is 27.5 Å². The third-order valence-electron chi connectivity index (χ3n) is 1.66. The molecule has 0 saturated carbocycles. The summed E-state index contributed by atoms with van der Waals surface area (Å²) in [6.45, 7) is 3.80. The van der Waals surface area contributed by atoms with Gasteiger partial charge in [-0.1, -0.05) is 11.6 Å². The summed E-state index contributed by atoms with van der Waals surface area (Å²) in [5.74, 6) is 0.674. The van der Waals surface area contributed by atoms with Crippen molar-refractivity contribution in [2.45, 2.75) is 19.4 Å². The van der Waals surface area contributed by atoms with Crippen LogP contribution in [0.4, 0.5) is 5.82 Å². The topological polar surface area (TPSA) is 45.1 Å². The molecule has 0 unspecified atom stereocenters. The van der Waals surface area contributed by atoms with Gasteiger partial charge < -0.3 is 10.4 Å². The first kappa shape index (κ1) is 16.0. The number of aliphatic hydroxyl groups excluding tert-OH is 1. The molecule has 3 nitrogen and oxygen atoms in total. The standard InChI is InChI=1S/C9H12BrClN2O.Tb/c1-9(2,5-14)13-8-7(10)3-6(11)4-12-8;/h3-4,14H,5H2,1-2H3,(H,12,13);. The zero-order valence-electron chi connectivity index (χ0n) is 8.35. The predicted octanol–water partition coefficient (Wildman–Crippen LogP) is 2.68. The van der Waals surface area contributed by atoms with Crippen LogP contribution in [-0.2, 0) is 0 Å². The van der Waals surface area contributed by atoms with Crippen molar-refractivity contribution in [1.82, 2.24) is 4.98 Å². The Morgan fingerprint density at radius 2 is 2.20 bits per heavy atom. The van der Waals surface area contributed by atoms with Gasteiger partial charge in [-0.15, -0.1) is 0 Å². The molecule has 0 aliphatic carbocycles. The van der Waals surface area contributed by atoms with E-state index in [0.29, 0.717) is 10.8 Å². The van der Waals surface area contributed by atoms with Crippen molar-refractivity contribution >= 4 is 33.3 Å². The summed E-state index contributed by atoms with van der Waals surface area (Å²) >= 11 is 9.09. The van der Waals surface area contributed by atoms with Crippen LogP contribution in [-0.4, -0.2) is 22.2 Å².